The van der Waals surface area contributed by atoms with Crippen molar-refractivity contribution in [3.05, 3.63) is 78.2 Å². The number of fused-ring (bicyclic) bond motifs is 1. The van der Waals surface area contributed by atoms with Crippen LogP contribution in [0.3, 0.4) is 0 Å². The van der Waals surface area contributed by atoms with Crippen LogP contribution in [0.15, 0.2) is 67.1 Å². The van der Waals surface area contributed by atoms with Crippen molar-refractivity contribution in [3.63, 3.8) is 0 Å². The maximum absolute atomic E-state index is 12.9. The Labute approximate surface area is 156 Å². The summed E-state index contributed by atoms with van der Waals surface area (Å²) in [5.41, 5.74) is 3.25. The van der Waals surface area contributed by atoms with Crippen molar-refractivity contribution < 1.29 is 4.79 Å². The molecule has 7 heteroatoms. The number of nitrogens with one attached hydrogen (secondary N) is 2. The molecule has 2 aromatic carbocycles. The number of aromatic amines is 1. The summed E-state index contributed by atoms with van der Waals surface area (Å²) in [6, 6.07) is 17.9. The van der Waals surface area contributed by atoms with Crippen molar-refractivity contribution in [2.75, 3.05) is 6.54 Å². The summed E-state index contributed by atoms with van der Waals surface area (Å²) in [6.07, 6.45) is 4.30. The van der Waals surface area contributed by atoms with Gasteiger partial charge < -0.3 is 10.3 Å². The maximum Gasteiger partial charge on any atom is 0.229 e. The first-order valence-electron chi connectivity index (χ1n) is 8.89. The first-order chi connectivity index (χ1) is 13.3. The van der Waals surface area contributed by atoms with E-state index in [4.69, 9.17) is 0 Å². The molecule has 7 nitrogen and oxygen atoms in total. The second kappa shape index (κ2) is 7.82. The van der Waals surface area contributed by atoms with Crippen molar-refractivity contribution in [1.82, 2.24) is 30.5 Å². The van der Waals surface area contributed by atoms with Crippen molar-refractivity contribution >= 4 is 16.8 Å². The summed E-state index contributed by atoms with van der Waals surface area (Å²) in [6.45, 7) is 0.968. The van der Waals surface area contributed by atoms with Gasteiger partial charge in [-0.1, -0.05) is 48.5 Å². The van der Waals surface area contributed by atoms with Gasteiger partial charge in [0.2, 0.25) is 5.91 Å². The Morgan fingerprint density at radius 3 is 2.74 bits per heavy atom. The lowest BCUT2D eigenvalue weighted by atomic mass is 9.98. The lowest BCUT2D eigenvalue weighted by Gasteiger charge is -2.17. The van der Waals surface area contributed by atoms with Gasteiger partial charge in [0.25, 0.3) is 0 Å². The molecule has 1 amide bonds. The molecule has 0 aliphatic carbocycles. The van der Waals surface area contributed by atoms with Crippen molar-refractivity contribution in [3.8, 4) is 0 Å². The molecule has 136 valence electrons. The molecule has 0 aliphatic rings. The molecule has 27 heavy (non-hydrogen) atoms. The Hall–Kier alpha value is -3.48. The Kier molecular flexibility index (Phi) is 4.91. The molecule has 1 unspecified atom stereocenters. The monoisotopic (exact) mass is 360 g/mol. The highest BCUT2D eigenvalue weighted by Gasteiger charge is 2.21. The maximum atomic E-state index is 12.9. The zero-order valence-corrected chi connectivity index (χ0v) is 14.7. The molecule has 0 bridgehead atoms. The van der Waals surface area contributed by atoms with E-state index >= 15 is 0 Å². The van der Waals surface area contributed by atoms with Gasteiger partial charge >= 0.3 is 0 Å². The first-order valence-corrected chi connectivity index (χ1v) is 8.89. The number of nitrogens with zero attached hydrogens (tertiary/aromatic N) is 4. The minimum atomic E-state index is -0.349. The quantitative estimate of drug-likeness (QED) is 0.529. The van der Waals surface area contributed by atoms with Gasteiger partial charge in [0.1, 0.15) is 6.33 Å². The van der Waals surface area contributed by atoms with Crippen LogP contribution in [0.5, 0.6) is 0 Å². The SMILES string of the molecule is O=C(NCCc1c[nH]c2ccccc12)C(Cn1cnnn1)c1ccccc1. The lowest BCUT2D eigenvalue weighted by Crippen LogP contribution is -2.33. The summed E-state index contributed by atoms with van der Waals surface area (Å²) in [4.78, 5) is 16.1. The predicted octanol–water partition coefficient (Wildman–Crippen LogP) is 2.30. The Balaban J connectivity index is 1.43. The number of benzene rings is 2. The van der Waals surface area contributed by atoms with E-state index in [1.165, 1.54) is 17.3 Å². The van der Waals surface area contributed by atoms with Crippen LogP contribution in [0.2, 0.25) is 0 Å². The van der Waals surface area contributed by atoms with E-state index in [2.05, 4.69) is 38.0 Å². The van der Waals surface area contributed by atoms with Gasteiger partial charge in [0, 0.05) is 23.6 Å². The topological polar surface area (TPSA) is 88.5 Å². The van der Waals surface area contributed by atoms with E-state index in [0.29, 0.717) is 13.1 Å². The summed E-state index contributed by atoms with van der Waals surface area (Å²) >= 11 is 0. The van der Waals surface area contributed by atoms with Gasteiger partial charge in [-0.05, 0) is 34.0 Å². The number of para-hydroxylation sites is 1. The zero-order chi connectivity index (χ0) is 18.5. The molecule has 0 saturated heterocycles. The van der Waals surface area contributed by atoms with E-state index in [0.717, 1.165) is 17.5 Å². The molecule has 0 aliphatic heterocycles. The number of hydrogen-bond acceptors (Lipinski definition) is 4. The minimum Gasteiger partial charge on any atom is -0.361 e. The van der Waals surface area contributed by atoms with E-state index in [1.54, 1.807) is 4.68 Å². The molecular formula is C20H20N6O. The van der Waals surface area contributed by atoms with Crippen molar-refractivity contribution in [2.45, 2.75) is 18.9 Å². The molecule has 4 rings (SSSR count). The molecular weight excluding hydrogens is 340 g/mol. The van der Waals surface area contributed by atoms with Crippen LogP contribution in [0, 0.1) is 0 Å². The molecule has 1 atom stereocenters. The zero-order valence-electron chi connectivity index (χ0n) is 14.7. The number of carbonyl (C=O) groups excluding carboxylic acids is 1. The molecule has 4 aromatic rings. The highest BCUT2D eigenvalue weighted by atomic mass is 16.1. The van der Waals surface area contributed by atoms with Crippen LogP contribution >= 0.6 is 0 Å². The van der Waals surface area contributed by atoms with E-state index in [1.807, 2.05) is 48.7 Å². The van der Waals surface area contributed by atoms with E-state index in [9.17, 15) is 4.79 Å². The molecule has 0 radical (unpaired) electrons. The third kappa shape index (κ3) is 3.87. The first kappa shape index (κ1) is 17.0. The largest absolute Gasteiger partial charge is 0.361 e. The summed E-state index contributed by atoms with van der Waals surface area (Å²) in [5, 5.41) is 15.4. The standard InChI is InChI=1S/C20H20N6O/c27-20(21-11-10-16-12-22-19-9-5-4-8-17(16)19)18(13-26-14-23-24-25-26)15-6-2-1-3-7-15/h1-9,12,14,18,22H,10-11,13H2,(H,21,27). The number of amides is 1. The third-order valence-electron chi connectivity index (χ3n) is 4.65. The number of H-pyrrole nitrogens is 1. The number of tetrazole rings is 1. The average molecular weight is 360 g/mol. The molecule has 0 fully saturated rings. The van der Waals surface area contributed by atoms with Gasteiger partial charge in [-0.3, -0.25) is 4.79 Å². The summed E-state index contributed by atoms with van der Waals surface area (Å²) in [5.74, 6) is -0.380. The van der Waals surface area contributed by atoms with E-state index < -0.39 is 0 Å². The average Bonchev–Trinajstić information content (AvgIpc) is 3.37. The summed E-state index contributed by atoms with van der Waals surface area (Å²) < 4.78 is 1.58. The number of carbonyl (C=O) groups is 1. The van der Waals surface area contributed by atoms with Crippen molar-refractivity contribution in [1.29, 1.82) is 0 Å². The van der Waals surface area contributed by atoms with Crippen LogP contribution in [-0.2, 0) is 17.8 Å². The number of rotatable bonds is 7. The second-order valence-electron chi connectivity index (χ2n) is 6.40. The van der Waals surface area contributed by atoms with Crippen LogP contribution in [0.1, 0.15) is 17.0 Å². The Morgan fingerprint density at radius 1 is 1.11 bits per heavy atom. The summed E-state index contributed by atoms with van der Waals surface area (Å²) in [7, 11) is 0. The number of hydrogen-bond donors (Lipinski definition) is 2. The Morgan fingerprint density at radius 2 is 1.93 bits per heavy atom. The van der Waals surface area contributed by atoms with Gasteiger partial charge in [-0.15, -0.1) is 5.10 Å². The van der Waals surface area contributed by atoms with Crippen LogP contribution in [0.25, 0.3) is 10.9 Å². The van der Waals surface area contributed by atoms with Crippen LogP contribution < -0.4 is 5.32 Å². The van der Waals surface area contributed by atoms with Crippen LogP contribution in [0.4, 0.5) is 0 Å². The fourth-order valence-corrected chi connectivity index (χ4v) is 3.26. The number of aromatic nitrogens is 5. The molecule has 0 saturated carbocycles. The second-order valence-corrected chi connectivity index (χ2v) is 6.40. The van der Waals surface area contributed by atoms with Gasteiger partial charge in [-0.2, -0.15) is 0 Å². The fraction of sp³-hybridized carbons (Fsp3) is 0.200. The van der Waals surface area contributed by atoms with Crippen molar-refractivity contribution in [2.24, 2.45) is 0 Å². The molecule has 2 heterocycles. The van der Waals surface area contributed by atoms with Gasteiger partial charge in [0.05, 0.1) is 12.5 Å². The molecule has 0 spiro atoms. The Bertz CT molecular complexity index is 1010. The van der Waals surface area contributed by atoms with Gasteiger partial charge in [-0.25, -0.2) is 4.68 Å². The third-order valence-corrected chi connectivity index (χ3v) is 4.65. The highest BCUT2D eigenvalue weighted by Crippen LogP contribution is 2.19. The highest BCUT2D eigenvalue weighted by molar-refractivity contribution is 5.84. The fourth-order valence-electron chi connectivity index (χ4n) is 3.26. The smallest absolute Gasteiger partial charge is 0.229 e. The molecule has 2 aromatic heterocycles. The lowest BCUT2D eigenvalue weighted by molar-refractivity contribution is -0.122. The normalized spacial score (nSPS) is 12.1. The van der Waals surface area contributed by atoms with Crippen LogP contribution in [-0.4, -0.2) is 37.6 Å². The van der Waals surface area contributed by atoms with Gasteiger partial charge in [0.15, 0.2) is 0 Å². The predicted molar refractivity (Wildman–Crippen MR) is 102 cm³/mol. The minimum absolute atomic E-state index is 0.0310. The molecule has 2 N–H and O–H groups in total. The van der Waals surface area contributed by atoms with E-state index in [-0.39, 0.29) is 11.8 Å².